The van der Waals surface area contributed by atoms with Gasteiger partial charge in [0.25, 0.3) is 0 Å². The topological polar surface area (TPSA) is 85.2 Å². The van der Waals surface area contributed by atoms with Gasteiger partial charge in [0, 0.05) is 30.8 Å². The van der Waals surface area contributed by atoms with Crippen LogP contribution in [0.1, 0.15) is 17.8 Å². The summed E-state index contributed by atoms with van der Waals surface area (Å²) in [5, 5.41) is 5.54. The van der Waals surface area contributed by atoms with E-state index in [1.54, 1.807) is 12.1 Å². The van der Waals surface area contributed by atoms with Crippen molar-refractivity contribution in [1.82, 2.24) is 14.9 Å². The molecule has 0 unspecified atom stereocenters. The summed E-state index contributed by atoms with van der Waals surface area (Å²) in [5.74, 6) is 0.805. The summed E-state index contributed by atoms with van der Waals surface area (Å²) < 4.78 is 6.68. The second kappa shape index (κ2) is 9.78. The van der Waals surface area contributed by atoms with Gasteiger partial charge in [-0.15, -0.1) is 0 Å². The summed E-state index contributed by atoms with van der Waals surface area (Å²) in [5.41, 5.74) is 4.52. The number of benzene rings is 3. The predicted octanol–water partition coefficient (Wildman–Crippen LogP) is 4.45. The number of nitrogens with one attached hydrogen (secondary N) is 2. The van der Waals surface area contributed by atoms with E-state index in [2.05, 4.69) is 19.9 Å². The Bertz CT molecular complexity index is 1220. The van der Waals surface area contributed by atoms with Crippen LogP contribution in [0, 0.1) is 0 Å². The highest BCUT2D eigenvalue weighted by Crippen LogP contribution is 2.22. The lowest BCUT2D eigenvalue weighted by molar-refractivity contribution is -0.121. The molecule has 0 atom stereocenters. The fourth-order valence-electron chi connectivity index (χ4n) is 3.50. The summed E-state index contributed by atoms with van der Waals surface area (Å²) >= 11 is 0. The monoisotopic (exact) mass is 428 g/mol. The van der Waals surface area contributed by atoms with Crippen molar-refractivity contribution < 1.29 is 14.3 Å². The highest BCUT2D eigenvalue weighted by atomic mass is 16.5. The molecule has 4 aromatic rings. The van der Waals surface area contributed by atoms with Gasteiger partial charge in [-0.2, -0.15) is 0 Å². The third kappa shape index (κ3) is 4.95. The van der Waals surface area contributed by atoms with Crippen molar-refractivity contribution in [2.45, 2.75) is 19.4 Å². The molecule has 4 rings (SSSR count). The van der Waals surface area contributed by atoms with Crippen LogP contribution in [-0.2, 0) is 22.5 Å². The minimum absolute atomic E-state index is 0.0477. The van der Waals surface area contributed by atoms with Crippen molar-refractivity contribution >= 4 is 28.7 Å². The van der Waals surface area contributed by atoms with Gasteiger partial charge in [-0.05, 0) is 42.0 Å². The summed E-state index contributed by atoms with van der Waals surface area (Å²) in [4.78, 5) is 28.5. The highest BCUT2D eigenvalue weighted by Gasteiger charge is 2.13. The third-order valence-corrected chi connectivity index (χ3v) is 5.10. The van der Waals surface area contributed by atoms with Gasteiger partial charge in [-0.1, -0.05) is 42.5 Å². The van der Waals surface area contributed by atoms with Crippen LogP contribution >= 0.6 is 0 Å². The van der Waals surface area contributed by atoms with Crippen LogP contribution in [0.25, 0.3) is 16.7 Å². The van der Waals surface area contributed by atoms with E-state index in [-0.39, 0.29) is 5.91 Å². The van der Waals surface area contributed by atoms with Crippen LogP contribution < -0.4 is 10.6 Å². The van der Waals surface area contributed by atoms with Crippen LogP contribution in [-0.4, -0.2) is 28.7 Å². The minimum atomic E-state index is -0.521. The first-order valence-electron chi connectivity index (χ1n) is 10.4. The minimum Gasteiger partial charge on any atom is -0.453 e. The molecule has 0 radical (unpaired) electrons. The average molecular weight is 428 g/mol. The van der Waals surface area contributed by atoms with Gasteiger partial charge in [-0.3, -0.25) is 14.7 Å². The molecule has 2 amide bonds. The maximum Gasteiger partial charge on any atom is 0.411 e. The number of hydrogen-bond donors (Lipinski definition) is 2. The fraction of sp³-hybridized carbons (Fsp3) is 0.160. The zero-order chi connectivity index (χ0) is 22.3. The fourth-order valence-corrected chi connectivity index (χ4v) is 3.50. The second-order valence-electron chi connectivity index (χ2n) is 7.28. The number of imidazole rings is 1. The van der Waals surface area contributed by atoms with Gasteiger partial charge in [0.2, 0.25) is 5.91 Å². The smallest absolute Gasteiger partial charge is 0.411 e. The number of aromatic nitrogens is 2. The number of nitrogens with zero attached hydrogens (tertiary/aromatic N) is 2. The molecule has 3 aromatic carbocycles. The molecule has 7 nitrogen and oxygen atoms in total. The normalized spacial score (nSPS) is 10.7. The first-order valence-corrected chi connectivity index (χ1v) is 10.4. The molecule has 0 aliphatic carbocycles. The molecule has 0 spiro atoms. The first kappa shape index (κ1) is 21.1. The van der Waals surface area contributed by atoms with Crippen LogP contribution in [0.5, 0.6) is 0 Å². The van der Waals surface area contributed by atoms with Gasteiger partial charge < -0.3 is 10.1 Å². The Hall–Kier alpha value is -4.13. The van der Waals surface area contributed by atoms with E-state index in [0.29, 0.717) is 25.1 Å². The number of carbonyl (C=O) groups is 2. The molecule has 0 fully saturated rings. The predicted molar refractivity (Wildman–Crippen MR) is 124 cm³/mol. The number of methoxy groups -OCH3 is 1. The molecule has 0 saturated carbocycles. The summed E-state index contributed by atoms with van der Waals surface area (Å²) in [7, 11) is 1.31. The Kier molecular flexibility index (Phi) is 6.46. The van der Waals surface area contributed by atoms with Crippen LogP contribution in [0.4, 0.5) is 10.5 Å². The van der Waals surface area contributed by atoms with Gasteiger partial charge in [-0.25, -0.2) is 9.78 Å². The quantitative estimate of drug-likeness (QED) is 0.455. The largest absolute Gasteiger partial charge is 0.453 e. The number of carbonyl (C=O) groups excluding carboxylic acids is 2. The molecule has 0 bridgehead atoms. The van der Waals surface area contributed by atoms with E-state index in [0.717, 1.165) is 28.1 Å². The Balaban J connectivity index is 1.39. The molecule has 2 N–H and O–H groups in total. The number of anilines is 1. The van der Waals surface area contributed by atoms with Gasteiger partial charge in [0.15, 0.2) is 0 Å². The van der Waals surface area contributed by atoms with Crippen molar-refractivity contribution in [2.24, 2.45) is 0 Å². The Morgan fingerprint density at radius 2 is 1.66 bits per heavy atom. The summed E-state index contributed by atoms with van der Waals surface area (Å²) in [6.45, 7) is 0.409. The van der Waals surface area contributed by atoms with E-state index >= 15 is 0 Å². The standard InChI is InChI=1S/C25H24N4O3/c1-32-25(31)27-19-13-11-18(12-14-19)17-26-24(30)16-15-23-28-21-9-5-6-10-22(21)29(23)20-7-3-2-4-8-20/h2-14H,15-17H2,1H3,(H,26,30)(H,27,31). The maximum absolute atomic E-state index is 12.5. The molecule has 1 heterocycles. The Labute approximate surface area is 186 Å². The number of rotatable bonds is 7. The molecule has 32 heavy (non-hydrogen) atoms. The second-order valence-corrected chi connectivity index (χ2v) is 7.28. The number of aryl methyl sites for hydroxylation is 1. The molecule has 162 valence electrons. The van der Waals surface area contributed by atoms with E-state index in [4.69, 9.17) is 4.98 Å². The van der Waals surface area contributed by atoms with Crippen molar-refractivity contribution in [2.75, 3.05) is 12.4 Å². The number of ether oxygens (including phenoxy) is 1. The van der Waals surface area contributed by atoms with Gasteiger partial charge >= 0.3 is 6.09 Å². The number of hydrogen-bond acceptors (Lipinski definition) is 4. The van der Waals surface area contributed by atoms with Crippen LogP contribution in [0.15, 0.2) is 78.9 Å². The van der Waals surface area contributed by atoms with Crippen LogP contribution in [0.3, 0.4) is 0 Å². The van der Waals surface area contributed by atoms with Crippen molar-refractivity contribution in [1.29, 1.82) is 0 Å². The third-order valence-electron chi connectivity index (χ3n) is 5.10. The van der Waals surface area contributed by atoms with Crippen molar-refractivity contribution in [3.05, 3.63) is 90.3 Å². The van der Waals surface area contributed by atoms with Gasteiger partial charge in [0.1, 0.15) is 5.82 Å². The molecular formula is C25H24N4O3. The van der Waals surface area contributed by atoms with Gasteiger partial charge in [0.05, 0.1) is 18.1 Å². The molecule has 0 aliphatic heterocycles. The maximum atomic E-state index is 12.5. The lowest BCUT2D eigenvalue weighted by atomic mass is 10.2. The SMILES string of the molecule is COC(=O)Nc1ccc(CNC(=O)CCc2nc3ccccc3n2-c2ccccc2)cc1. The average Bonchev–Trinajstić information content (AvgIpc) is 3.21. The highest BCUT2D eigenvalue weighted by molar-refractivity contribution is 5.84. The molecule has 7 heteroatoms. The lowest BCUT2D eigenvalue weighted by Gasteiger charge is -2.10. The molecular weight excluding hydrogens is 404 g/mol. The molecule has 1 aromatic heterocycles. The number of amides is 2. The Morgan fingerprint density at radius 3 is 2.41 bits per heavy atom. The first-order chi connectivity index (χ1) is 15.6. The zero-order valence-electron chi connectivity index (χ0n) is 17.7. The molecule has 0 saturated heterocycles. The van der Waals surface area contributed by atoms with Crippen molar-refractivity contribution in [3.63, 3.8) is 0 Å². The van der Waals surface area contributed by atoms with Crippen molar-refractivity contribution in [3.8, 4) is 5.69 Å². The van der Waals surface area contributed by atoms with E-state index < -0.39 is 6.09 Å². The van der Waals surface area contributed by atoms with E-state index in [9.17, 15) is 9.59 Å². The van der Waals surface area contributed by atoms with E-state index in [1.807, 2.05) is 66.7 Å². The number of para-hydroxylation sites is 3. The summed E-state index contributed by atoms with van der Waals surface area (Å²) in [6, 6.07) is 25.2. The Morgan fingerprint density at radius 1 is 0.938 bits per heavy atom. The van der Waals surface area contributed by atoms with E-state index in [1.165, 1.54) is 7.11 Å². The zero-order valence-corrected chi connectivity index (χ0v) is 17.7. The van der Waals surface area contributed by atoms with Crippen LogP contribution in [0.2, 0.25) is 0 Å². The summed E-state index contributed by atoms with van der Waals surface area (Å²) in [6.07, 6.45) is 0.336. The number of fused-ring (bicyclic) bond motifs is 1. The lowest BCUT2D eigenvalue weighted by Crippen LogP contribution is -2.23. The molecule has 0 aliphatic rings.